The zero-order valence-corrected chi connectivity index (χ0v) is 16.2. The number of morpholine rings is 1. The van der Waals surface area contributed by atoms with Crippen LogP contribution in [0.4, 0.5) is 0 Å². The molecule has 0 saturated carbocycles. The Kier molecular flexibility index (Phi) is 6.39. The minimum atomic E-state index is -0.127. The molecule has 1 saturated heterocycles. The third kappa shape index (κ3) is 4.13. The number of carbonyl (C=O) groups excluding carboxylic acids is 1. The molecule has 1 N–H and O–H groups in total. The third-order valence-electron chi connectivity index (χ3n) is 4.69. The van der Waals surface area contributed by atoms with E-state index in [0.717, 1.165) is 51.3 Å². The Balaban J connectivity index is 1.70. The Bertz CT molecular complexity index is 824. The molecule has 0 radical (unpaired) electrons. The van der Waals surface area contributed by atoms with Gasteiger partial charge in [-0.3, -0.25) is 19.1 Å². The maximum atomic E-state index is 12.7. The van der Waals surface area contributed by atoms with Crippen LogP contribution < -0.4 is 10.9 Å². The number of unbranched alkanes of at least 4 members (excludes halogenated alkanes) is 1. The van der Waals surface area contributed by atoms with Gasteiger partial charge in [0.2, 0.25) is 0 Å². The number of aryl methyl sites for hydroxylation is 2. The standard InChI is InChI=1S/C18H26N4O3S/c1-3-4-6-22-12-20-17-14(18(22)24)13(2)15(26-17)16(23)19-5-7-21-8-10-25-11-9-21/h12H,3-11H2,1-2H3,(H,19,23). The predicted octanol–water partition coefficient (Wildman–Crippen LogP) is 1.63. The van der Waals surface area contributed by atoms with Crippen molar-refractivity contribution in [2.24, 2.45) is 0 Å². The number of thiophene rings is 1. The summed E-state index contributed by atoms with van der Waals surface area (Å²) in [5.41, 5.74) is 0.682. The smallest absolute Gasteiger partial charge is 0.262 e. The van der Waals surface area contributed by atoms with Crippen molar-refractivity contribution >= 4 is 27.5 Å². The molecule has 1 aliphatic rings. The van der Waals surface area contributed by atoms with Crippen molar-refractivity contribution in [2.45, 2.75) is 33.2 Å². The van der Waals surface area contributed by atoms with Crippen molar-refractivity contribution in [3.8, 4) is 0 Å². The minimum Gasteiger partial charge on any atom is -0.379 e. The lowest BCUT2D eigenvalue weighted by Gasteiger charge is -2.26. The maximum Gasteiger partial charge on any atom is 0.262 e. The van der Waals surface area contributed by atoms with Gasteiger partial charge in [0, 0.05) is 32.7 Å². The van der Waals surface area contributed by atoms with Crippen molar-refractivity contribution in [2.75, 3.05) is 39.4 Å². The zero-order valence-electron chi connectivity index (χ0n) is 15.4. The van der Waals surface area contributed by atoms with Crippen LogP contribution in [-0.2, 0) is 11.3 Å². The number of amides is 1. The van der Waals surface area contributed by atoms with Crippen LogP contribution in [0.25, 0.3) is 10.2 Å². The normalized spacial score (nSPS) is 15.5. The quantitative estimate of drug-likeness (QED) is 0.792. The number of nitrogens with zero attached hydrogens (tertiary/aromatic N) is 3. The Morgan fingerprint density at radius 1 is 1.35 bits per heavy atom. The fourth-order valence-corrected chi connectivity index (χ4v) is 4.15. The molecule has 8 heteroatoms. The molecule has 1 fully saturated rings. The second-order valence-electron chi connectivity index (χ2n) is 6.54. The van der Waals surface area contributed by atoms with E-state index < -0.39 is 0 Å². The van der Waals surface area contributed by atoms with Crippen LogP contribution in [0.1, 0.15) is 35.0 Å². The predicted molar refractivity (Wildman–Crippen MR) is 103 cm³/mol. The number of hydrogen-bond donors (Lipinski definition) is 1. The van der Waals surface area contributed by atoms with E-state index in [1.165, 1.54) is 11.3 Å². The molecular weight excluding hydrogens is 352 g/mol. The molecule has 1 aliphatic heterocycles. The molecule has 26 heavy (non-hydrogen) atoms. The van der Waals surface area contributed by atoms with Gasteiger partial charge in [-0.2, -0.15) is 0 Å². The van der Waals surface area contributed by atoms with Crippen molar-refractivity contribution in [1.29, 1.82) is 0 Å². The van der Waals surface area contributed by atoms with E-state index in [2.05, 4.69) is 22.1 Å². The van der Waals surface area contributed by atoms with Gasteiger partial charge >= 0.3 is 0 Å². The van der Waals surface area contributed by atoms with Crippen LogP contribution in [0.15, 0.2) is 11.1 Å². The maximum absolute atomic E-state index is 12.7. The molecule has 0 spiro atoms. The summed E-state index contributed by atoms with van der Waals surface area (Å²) < 4.78 is 6.97. The summed E-state index contributed by atoms with van der Waals surface area (Å²) in [6.45, 7) is 9.28. The van der Waals surface area contributed by atoms with Crippen molar-refractivity contribution < 1.29 is 9.53 Å². The van der Waals surface area contributed by atoms with E-state index in [9.17, 15) is 9.59 Å². The van der Waals surface area contributed by atoms with Crippen molar-refractivity contribution in [3.05, 3.63) is 27.1 Å². The number of hydrogen-bond acceptors (Lipinski definition) is 6. The Labute approximate surface area is 157 Å². The number of nitrogens with one attached hydrogen (secondary N) is 1. The number of aromatic nitrogens is 2. The molecule has 3 heterocycles. The van der Waals surface area contributed by atoms with Crippen LogP contribution in [0, 0.1) is 6.92 Å². The Hall–Kier alpha value is -1.77. The van der Waals surface area contributed by atoms with Crippen molar-refractivity contribution in [1.82, 2.24) is 19.8 Å². The fraction of sp³-hybridized carbons (Fsp3) is 0.611. The lowest BCUT2D eigenvalue weighted by molar-refractivity contribution is 0.0383. The summed E-state index contributed by atoms with van der Waals surface area (Å²) >= 11 is 1.29. The van der Waals surface area contributed by atoms with Gasteiger partial charge in [0.25, 0.3) is 11.5 Å². The van der Waals surface area contributed by atoms with Gasteiger partial charge in [0.1, 0.15) is 4.83 Å². The second-order valence-corrected chi connectivity index (χ2v) is 7.54. The van der Waals surface area contributed by atoms with Crippen LogP contribution >= 0.6 is 11.3 Å². The largest absolute Gasteiger partial charge is 0.379 e. The monoisotopic (exact) mass is 378 g/mol. The van der Waals surface area contributed by atoms with Crippen LogP contribution in [0.5, 0.6) is 0 Å². The van der Waals surface area contributed by atoms with E-state index in [0.29, 0.717) is 28.2 Å². The summed E-state index contributed by atoms with van der Waals surface area (Å²) in [7, 11) is 0. The van der Waals surface area contributed by atoms with Crippen LogP contribution in [-0.4, -0.2) is 59.8 Å². The summed E-state index contributed by atoms with van der Waals surface area (Å²) in [6.07, 6.45) is 3.55. The van der Waals surface area contributed by atoms with Gasteiger partial charge in [-0.25, -0.2) is 4.98 Å². The first kappa shape index (κ1) is 19.0. The molecule has 2 aromatic heterocycles. The fourth-order valence-electron chi connectivity index (χ4n) is 3.10. The molecule has 0 aliphatic carbocycles. The van der Waals surface area contributed by atoms with E-state index in [4.69, 9.17) is 4.74 Å². The van der Waals surface area contributed by atoms with Gasteiger partial charge < -0.3 is 10.1 Å². The average molecular weight is 378 g/mol. The van der Waals surface area contributed by atoms with Gasteiger partial charge in [-0.15, -0.1) is 11.3 Å². The average Bonchev–Trinajstić information content (AvgIpc) is 2.99. The van der Waals surface area contributed by atoms with Crippen LogP contribution in [0.3, 0.4) is 0 Å². The summed E-state index contributed by atoms with van der Waals surface area (Å²) in [5, 5.41) is 3.54. The van der Waals surface area contributed by atoms with Crippen molar-refractivity contribution in [3.63, 3.8) is 0 Å². The van der Waals surface area contributed by atoms with Gasteiger partial charge in [-0.05, 0) is 18.9 Å². The highest BCUT2D eigenvalue weighted by Gasteiger charge is 2.19. The van der Waals surface area contributed by atoms with Gasteiger partial charge in [-0.1, -0.05) is 13.3 Å². The molecule has 0 aromatic carbocycles. The van der Waals surface area contributed by atoms with Crippen LogP contribution in [0.2, 0.25) is 0 Å². The van der Waals surface area contributed by atoms with E-state index in [1.807, 2.05) is 6.92 Å². The van der Waals surface area contributed by atoms with E-state index in [-0.39, 0.29) is 11.5 Å². The number of rotatable bonds is 7. The highest BCUT2D eigenvalue weighted by Crippen LogP contribution is 2.26. The minimum absolute atomic E-state index is 0.0513. The van der Waals surface area contributed by atoms with Gasteiger partial charge in [0.05, 0.1) is 29.8 Å². The molecule has 0 unspecified atom stereocenters. The lowest BCUT2D eigenvalue weighted by atomic mass is 10.2. The number of carbonyl (C=O) groups is 1. The molecule has 0 bridgehead atoms. The zero-order chi connectivity index (χ0) is 18.5. The summed E-state index contributed by atoms with van der Waals surface area (Å²) in [4.78, 5) is 33.1. The number of ether oxygens (including phenoxy) is 1. The molecule has 142 valence electrons. The summed E-state index contributed by atoms with van der Waals surface area (Å²) in [5.74, 6) is -0.127. The first-order valence-electron chi connectivity index (χ1n) is 9.18. The lowest BCUT2D eigenvalue weighted by Crippen LogP contribution is -2.41. The molecule has 3 rings (SSSR count). The third-order valence-corrected chi connectivity index (χ3v) is 5.89. The molecule has 7 nitrogen and oxygen atoms in total. The van der Waals surface area contributed by atoms with E-state index >= 15 is 0 Å². The number of fused-ring (bicyclic) bond motifs is 1. The first-order valence-corrected chi connectivity index (χ1v) is 10.00. The molecule has 2 aromatic rings. The Morgan fingerprint density at radius 2 is 2.12 bits per heavy atom. The highest BCUT2D eigenvalue weighted by atomic mass is 32.1. The highest BCUT2D eigenvalue weighted by molar-refractivity contribution is 7.20. The topological polar surface area (TPSA) is 76.5 Å². The Morgan fingerprint density at radius 3 is 2.85 bits per heavy atom. The SMILES string of the molecule is CCCCn1cnc2sc(C(=O)NCCN3CCOCC3)c(C)c2c1=O. The second kappa shape index (κ2) is 8.75. The van der Waals surface area contributed by atoms with Gasteiger partial charge in [0.15, 0.2) is 0 Å². The molecular formula is C18H26N4O3S. The summed E-state index contributed by atoms with van der Waals surface area (Å²) in [6, 6.07) is 0. The van der Waals surface area contributed by atoms with E-state index in [1.54, 1.807) is 10.9 Å². The first-order chi connectivity index (χ1) is 12.6. The molecule has 1 amide bonds. The molecule has 0 atom stereocenters.